The molecule has 0 aliphatic carbocycles. The van der Waals surface area contributed by atoms with Crippen LogP contribution < -0.4 is 4.81 Å². The third-order valence-corrected chi connectivity index (χ3v) is 3.84. The first-order valence-corrected chi connectivity index (χ1v) is 7.14. The van der Waals surface area contributed by atoms with Gasteiger partial charge in [0.15, 0.2) is 0 Å². The fourth-order valence-corrected chi connectivity index (χ4v) is 2.73. The second kappa shape index (κ2) is 5.62. The Morgan fingerprint density at radius 1 is 1.14 bits per heavy atom. The molecule has 3 rings (SSSR count). The van der Waals surface area contributed by atoms with Gasteiger partial charge in [0.05, 0.1) is 0 Å². The second-order valence-electron chi connectivity index (χ2n) is 5.34. The van der Waals surface area contributed by atoms with Crippen molar-refractivity contribution in [2.45, 2.75) is 6.92 Å². The van der Waals surface area contributed by atoms with E-state index in [1.54, 1.807) is 0 Å². The monoisotopic (exact) mass is 275 g/mol. The Labute approximate surface area is 126 Å². The van der Waals surface area contributed by atoms with E-state index in [9.17, 15) is 5.02 Å². The molecule has 0 bridgehead atoms. The maximum absolute atomic E-state index is 10.7. The van der Waals surface area contributed by atoms with Gasteiger partial charge in [-0.1, -0.05) is 60.2 Å². The van der Waals surface area contributed by atoms with Crippen LogP contribution >= 0.6 is 0 Å². The number of hydrogen-bond acceptors (Lipinski definition) is 2. The van der Waals surface area contributed by atoms with Gasteiger partial charge in [-0.25, -0.2) is 0 Å². The maximum atomic E-state index is 10.7. The molecule has 21 heavy (non-hydrogen) atoms. The van der Waals surface area contributed by atoms with Gasteiger partial charge in [0.1, 0.15) is 0 Å². The van der Waals surface area contributed by atoms with Crippen molar-refractivity contribution in [1.29, 1.82) is 0 Å². The Morgan fingerprint density at radius 2 is 1.86 bits per heavy atom. The number of benzene rings is 2. The SMILES string of the molecule is C=CCN1B(O)C(c2ccc(C)cc2)=Cc2ccccc21. The van der Waals surface area contributed by atoms with E-state index in [1.807, 2.05) is 29.1 Å². The predicted octanol–water partition coefficient (Wildman–Crippen LogP) is 3.56. The van der Waals surface area contributed by atoms with E-state index in [0.29, 0.717) is 6.54 Å². The minimum absolute atomic E-state index is 0.612. The lowest BCUT2D eigenvalue weighted by Gasteiger charge is -2.33. The van der Waals surface area contributed by atoms with Crippen LogP contribution in [-0.2, 0) is 0 Å². The molecule has 0 fully saturated rings. The summed E-state index contributed by atoms with van der Waals surface area (Å²) in [4.78, 5) is 1.97. The average molecular weight is 275 g/mol. The lowest BCUT2D eigenvalue weighted by atomic mass is 9.64. The molecule has 2 aromatic carbocycles. The Bertz CT molecular complexity index is 691. The summed E-state index contributed by atoms with van der Waals surface area (Å²) in [6.45, 7) is 6.48. The van der Waals surface area contributed by atoms with Gasteiger partial charge in [0.2, 0.25) is 0 Å². The van der Waals surface area contributed by atoms with Crippen LogP contribution in [0.15, 0.2) is 61.2 Å². The van der Waals surface area contributed by atoms with E-state index in [1.165, 1.54) is 5.56 Å². The van der Waals surface area contributed by atoms with E-state index >= 15 is 0 Å². The molecule has 0 saturated heterocycles. The number of aryl methyl sites for hydroxylation is 1. The minimum Gasteiger partial charge on any atom is -0.428 e. The fourth-order valence-electron chi connectivity index (χ4n) is 2.73. The van der Waals surface area contributed by atoms with E-state index in [2.05, 4.69) is 49.9 Å². The molecule has 2 nitrogen and oxygen atoms in total. The zero-order chi connectivity index (χ0) is 14.8. The lowest BCUT2D eigenvalue weighted by molar-refractivity contribution is 0.580. The molecule has 0 saturated carbocycles. The summed E-state index contributed by atoms with van der Waals surface area (Å²) in [6.07, 6.45) is 3.89. The predicted molar refractivity (Wildman–Crippen MR) is 91.0 cm³/mol. The van der Waals surface area contributed by atoms with Crippen molar-refractivity contribution in [2.24, 2.45) is 0 Å². The van der Waals surface area contributed by atoms with Crippen molar-refractivity contribution < 1.29 is 5.02 Å². The fraction of sp³-hybridized carbons (Fsp3) is 0.111. The standard InChI is InChI=1S/C18H18BNO/c1-3-12-20-18-7-5-4-6-16(18)13-17(19(20)21)15-10-8-14(2)9-11-15/h3-11,13,21H,1,12H2,2H3. The highest BCUT2D eigenvalue weighted by atomic mass is 16.2. The molecule has 1 aliphatic heterocycles. The first kappa shape index (κ1) is 13.7. The molecule has 2 aromatic rings. The first-order chi connectivity index (χ1) is 10.2. The van der Waals surface area contributed by atoms with Crippen LogP contribution in [0.2, 0.25) is 0 Å². The molecule has 1 heterocycles. The zero-order valence-electron chi connectivity index (χ0n) is 12.2. The highest BCUT2D eigenvalue weighted by Crippen LogP contribution is 2.34. The number of anilines is 1. The molecule has 0 spiro atoms. The molecule has 0 aromatic heterocycles. The molecule has 0 amide bonds. The molecule has 0 atom stereocenters. The quantitative estimate of drug-likeness (QED) is 0.684. The van der Waals surface area contributed by atoms with Gasteiger partial charge >= 0.3 is 7.05 Å². The zero-order valence-corrected chi connectivity index (χ0v) is 12.2. The van der Waals surface area contributed by atoms with Gasteiger partial charge in [0.25, 0.3) is 0 Å². The van der Waals surface area contributed by atoms with Crippen LogP contribution in [0.5, 0.6) is 0 Å². The summed E-state index contributed by atoms with van der Waals surface area (Å²) in [5.41, 5.74) is 5.36. The van der Waals surface area contributed by atoms with Crippen LogP contribution in [0.3, 0.4) is 0 Å². The van der Waals surface area contributed by atoms with Gasteiger partial charge in [-0.15, -0.1) is 6.58 Å². The summed E-state index contributed by atoms with van der Waals surface area (Å²) in [6, 6.07) is 16.4. The topological polar surface area (TPSA) is 23.5 Å². The first-order valence-electron chi connectivity index (χ1n) is 7.14. The minimum atomic E-state index is -0.652. The summed E-state index contributed by atoms with van der Waals surface area (Å²) in [7, 11) is -0.652. The molecule has 3 heteroatoms. The molecule has 104 valence electrons. The van der Waals surface area contributed by atoms with Gasteiger partial charge in [-0.05, 0) is 29.6 Å². The average Bonchev–Trinajstić information content (AvgIpc) is 2.51. The number of hydrogen-bond donors (Lipinski definition) is 1. The van der Waals surface area contributed by atoms with Gasteiger partial charge in [0, 0.05) is 12.2 Å². The van der Waals surface area contributed by atoms with Crippen LogP contribution in [0.25, 0.3) is 11.5 Å². The van der Waals surface area contributed by atoms with Crippen LogP contribution in [0.1, 0.15) is 16.7 Å². The number of para-hydroxylation sites is 1. The van der Waals surface area contributed by atoms with E-state index in [-0.39, 0.29) is 0 Å². The van der Waals surface area contributed by atoms with Gasteiger partial charge in [-0.2, -0.15) is 0 Å². The normalized spacial score (nSPS) is 13.7. The third-order valence-electron chi connectivity index (χ3n) is 3.84. The summed E-state index contributed by atoms with van der Waals surface area (Å²) in [5, 5.41) is 10.7. The summed E-state index contributed by atoms with van der Waals surface area (Å²) in [5.74, 6) is 0. The molecule has 1 aliphatic rings. The van der Waals surface area contributed by atoms with Gasteiger partial charge < -0.3 is 9.83 Å². The number of fused-ring (bicyclic) bond motifs is 1. The number of rotatable bonds is 3. The Hall–Kier alpha value is -2.26. The third kappa shape index (κ3) is 2.52. The summed E-state index contributed by atoms with van der Waals surface area (Å²) < 4.78 is 0. The Balaban J connectivity index is 2.10. The van der Waals surface area contributed by atoms with Crippen molar-refractivity contribution in [1.82, 2.24) is 0 Å². The molecule has 1 N–H and O–H groups in total. The lowest BCUT2D eigenvalue weighted by Crippen LogP contribution is -2.43. The highest BCUT2D eigenvalue weighted by molar-refractivity contribution is 6.78. The summed E-state index contributed by atoms with van der Waals surface area (Å²) >= 11 is 0. The molecular weight excluding hydrogens is 257 g/mol. The van der Waals surface area contributed by atoms with E-state index in [0.717, 1.165) is 22.3 Å². The van der Waals surface area contributed by atoms with E-state index < -0.39 is 7.05 Å². The molecule has 0 radical (unpaired) electrons. The van der Waals surface area contributed by atoms with Crippen molar-refractivity contribution in [3.05, 3.63) is 77.9 Å². The maximum Gasteiger partial charge on any atom is 0.450 e. The highest BCUT2D eigenvalue weighted by Gasteiger charge is 2.31. The van der Waals surface area contributed by atoms with Crippen LogP contribution in [-0.4, -0.2) is 18.6 Å². The van der Waals surface area contributed by atoms with Crippen LogP contribution in [0, 0.1) is 6.92 Å². The van der Waals surface area contributed by atoms with E-state index in [4.69, 9.17) is 0 Å². The largest absolute Gasteiger partial charge is 0.450 e. The van der Waals surface area contributed by atoms with Crippen molar-refractivity contribution >= 4 is 24.3 Å². The smallest absolute Gasteiger partial charge is 0.428 e. The molecular formula is C18H18BNO. The number of nitrogens with zero attached hydrogens (tertiary/aromatic N) is 1. The molecule has 0 unspecified atom stereocenters. The Kier molecular flexibility index (Phi) is 3.67. The van der Waals surface area contributed by atoms with Gasteiger partial charge in [-0.3, -0.25) is 0 Å². The second-order valence-corrected chi connectivity index (χ2v) is 5.34. The van der Waals surface area contributed by atoms with Crippen molar-refractivity contribution in [2.75, 3.05) is 11.4 Å². The van der Waals surface area contributed by atoms with Crippen molar-refractivity contribution in [3.8, 4) is 0 Å². The Morgan fingerprint density at radius 3 is 2.57 bits per heavy atom. The van der Waals surface area contributed by atoms with Crippen LogP contribution in [0.4, 0.5) is 5.69 Å². The van der Waals surface area contributed by atoms with Crippen molar-refractivity contribution in [3.63, 3.8) is 0 Å².